The van der Waals surface area contributed by atoms with Gasteiger partial charge in [-0.2, -0.15) is 0 Å². The van der Waals surface area contributed by atoms with Crippen molar-refractivity contribution in [2.45, 2.75) is 38.1 Å². The fraction of sp³-hybridized carbons (Fsp3) is 0.600. The Labute approximate surface area is 122 Å². The molecule has 0 aromatic carbocycles. The molecule has 2 heterocycles. The van der Waals surface area contributed by atoms with Gasteiger partial charge in [0.05, 0.1) is 30.6 Å². The average Bonchev–Trinajstić information content (AvgIpc) is 2.76. The second-order valence-electron chi connectivity index (χ2n) is 5.87. The average molecular weight is 293 g/mol. The first kappa shape index (κ1) is 14.1. The molecule has 1 spiro atoms. The Kier molecular flexibility index (Phi) is 3.49. The van der Waals surface area contributed by atoms with Gasteiger partial charge in [0.25, 0.3) is 5.91 Å². The summed E-state index contributed by atoms with van der Waals surface area (Å²) in [6, 6.07) is 0. The normalized spacial score (nSPS) is 20.3. The van der Waals surface area contributed by atoms with Gasteiger partial charge in [-0.25, -0.2) is 0 Å². The highest BCUT2D eigenvalue weighted by atomic mass is 16.5. The highest BCUT2D eigenvalue weighted by molar-refractivity contribution is 5.98. The first-order chi connectivity index (χ1) is 10.0. The van der Waals surface area contributed by atoms with Crippen molar-refractivity contribution in [3.05, 3.63) is 23.2 Å². The topological polar surface area (TPSA) is 80.0 Å². The van der Waals surface area contributed by atoms with Crippen LogP contribution in [0.4, 0.5) is 0 Å². The number of hydrogen-bond donors (Lipinski definition) is 1. The Morgan fingerprint density at radius 1 is 1.43 bits per heavy atom. The number of furan rings is 1. The lowest BCUT2D eigenvalue weighted by Gasteiger charge is -2.52. The molecule has 114 valence electrons. The van der Waals surface area contributed by atoms with Crippen molar-refractivity contribution < 1.29 is 23.8 Å². The van der Waals surface area contributed by atoms with Crippen LogP contribution in [0.3, 0.4) is 0 Å². The monoisotopic (exact) mass is 293 g/mol. The van der Waals surface area contributed by atoms with E-state index in [9.17, 15) is 9.59 Å². The molecule has 0 bridgehead atoms. The lowest BCUT2D eigenvalue weighted by Crippen LogP contribution is -2.62. The Balaban J connectivity index is 1.91. The molecule has 1 aromatic rings. The maximum atomic E-state index is 12.9. The number of carboxylic acid groups (broad SMARTS) is 1. The Hall–Kier alpha value is -1.82. The van der Waals surface area contributed by atoms with E-state index in [1.54, 1.807) is 6.92 Å². The van der Waals surface area contributed by atoms with Crippen LogP contribution in [-0.4, -0.2) is 47.2 Å². The van der Waals surface area contributed by atoms with Gasteiger partial charge >= 0.3 is 5.97 Å². The molecule has 6 heteroatoms. The summed E-state index contributed by atoms with van der Waals surface area (Å²) in [6.07, 6.45) is 4.18. The summed E-state index contributed by atoms with van der Waals surface area (Å²) in [4.78, 5) is 25.7. The van der Waals surface area contributed by atoms with Crippen molar-refractivity contribution in [3.8, 4) is 0 Å². The van der Waals surface area contributed by atoms with Gasteiger partial charge in [0.2, 0.25) is 0 Å². The van der Waals surface area contributed by atoms with Crippen LogP contribution in [0, 0.1) is 6.92 Å². The third-order valence-corrected chi connectivity index (χ3v) is 4.51. The predicted molar refractivity (Wildman–Crippen MR) is 73.2 cm³/mol. The Morgan fingerprint density at radius 2 is 2.19 bits per heavy atom. The van der Waals surface area contributed by atoms with Gasteiger partial charge in [-0.3, -0.25) is 9.59 Å². The van der Waals surface area contributed by atoms with Crippen molar-refractivity contribution in [2.75, 3.05) is 19.8 Å². The highest BCUT2D eigenvalue weighted by Gasteiger charge is 2.47. The summed E-state index contributed by atoms with van der Waals surface area (Å²) in [6.45, 7) is 3.43. The first-order valence-electron chi connectivity index (χ1n) is 7.22. The van der Waals surface area contributed by atoms with Gasteiger partial charge in [-0.05, 0) is 26.2 Å². The summed E-state index contributed by atoms with van der Waals surface area (Å²) in [5, 5.41) is 8.95. The maximum absolute atomic E-state index is 12.9. The largest absolute Gasteiger partial charge is 0.481 e. The van der Waals surface area contributed by atoms with Crippen molar-refractivity contribution in [1.82, 2.24) is 4.90 Å². The molecule has 1 saturated heterocycles. The molecule has 0 radical (unpaired) electrons. The van der Waals surface area contributed by atoms with E-state index in [0.717, 1.165) is 19.3 Å². The second-order valence-corrected chi connectivity index (χ2v) is 5.87. The molecule has 2 fully saturated rings. The number of rotatable bonds is 3. The molecule has 1 amide bonds. The molecule has 1 N–H and O–H groups in total. The van der Waals surface area contributed by atoms with Crippen molar-refractivity contribution >= 4 is 11.9 Å². The van der Waals surface area contributed by atoms with E-state index in [0.29, 0.717) is 30.9 Å². The number of carboxylic acids is 1. The van der Waals surface area contributed by atoms with Gasteiger partial charge < -0.3 is 19.2 Å². The number of carbonyl (C=O) groups excluding carboxylic acids is 1. The zero-order valence-corrected chi connectivity index (χ0v) is 12.1. The molecule has 6 nitrogen and oxygen atoms in total. The van der Waals surface area contributed by atoms with Crippen LogP contribution in [0.2, 0.25) is 0 Å². The zero-order valence-electron chi connectivity index (χ0n) is 12.1. The van der Waals surface area contributed by atoms with Crippen LogP contribution in [0.1, 0.15) is 40.9 Å². The second kappa shape index (κ2) is 5.18. The number of hydrogen-bond acceptors (Lipinski definition) is 4. The minimum absolute atomic E-state index is 0.125. The van der Waals surface area contributed by atoms with Crippen LogP contribution >= 0.6 is 0 Å². The third-order valence-electron chi connectivity index (χ3n) is 4.51. The van der Waals surface area contributed by atoms with Gasteiger partial charge in [-0.1, -0.05) is 0 Å². The lowest BCUT2D eigenvalue weighted by atomic mass is 9.75. The number of amides is 1. The van der Waals surface area contributed by atoms with Crippen LogP contribution < -0.4 is 0 Å². The zero-order chi connectivity index (χ0) is 15.0. The fourth-order valence-electron chi connectivity index (χ4n) is 3.24. The number of morpholine rings is 1. The van der Waals surface area contributed by atoms with E-state index < -0.39 is 5.97 Å². The van der Waals surface area contributed by atoms with E-state index in [-0.39, 0.29) is 23.6 Å². The molecular formula is C15H19NO5. The smallest absolute Gasteiger partial charge is 0.311 e. The fourth-order valence-corrected chi connectivity index (χ4v) is 3.24. The number of aliphatic carboxylic acids is 1. The first-order valence-corrected chi connectivity index (χ1v) is 7.22. The molecular weight excluding hydrogens is 274 g/mol. The van der Waals surface area contributed by atoms with E-state index in [1.165, 1.54) is 6.26 Å². The number of carbonyl (C=O) groups is 2. The molecule has 0 atom stereocenters. The van der Waals surface area contributed by atoms with Crippen molar-refractivity contribution in [1.29, 1.82) is 0 Å². The molecule has 1 saturated carbocycles. The molecule has 3 rings (SSSR count). The number of nitrogens with zero attached hydrogens (tertiary/aromatic N) is 1. The molecule has 0 unspecified atom stereocenters. The summed E-state index contributed by atoms with van der Waals surface area (Å²) < 4.78 is 10.8. The summed E-state index contributed by atoms with van der Waals surface area (Å²) in [7, 11) is 0. The van der Waals surface area contributed by atoms with Crippen LogP contribution in [0.15, 0.2) is 10.7 Å². The van der Waals surface area contributed by atoms with Gasteiger partial charge in [0, 0.05) is 12.1 Å². The summed E-state index contributed by atoms with van der Waals surface area (Å²) in [5.74, 6) is -0.884. The Morgan fingerprint density at radius 3 is 2.81 bits per heavy atom. The van der Waals surface area contributed by atoms with Crippen LogP contribution in [0.25, 0.3) is 0 Å². The van der Waals surface area contributed by atoms with E-state index in [2.05, 4.69) is 0 Å². The van der Waals surface area contributed by atoms with Crippen LogP contribution in [0.5, 0.6) is 0 Å². The van der Waals surface area contributed by atoms with E-state index in [4.69, 9.17) is 14.3 Å². The Bertz CT molecular complexity index is 573. The van der Waals surface area contributed by atoms with Gasteiger partial charge in [-0.15, -0.1) is 0 Å². The molecule has 1 aliphatic heterocycles. The predicted octanol–water partition coefficient (Wildman–Crippen LogP) is 1.61. The molecule has 1 aromatic heterocycles. The van der Waals surface area contributed by atoms with Crippen molar-refractivity contribution in [3.63, 3.8) is 0 Å². The quantitative estimate of drug-likeness (QED) is 0.915. The summed E-state index contributed by atoms with van der Waals surface area (Å²) in [5.41, 5.74) is 0.905. The number of aryl methyl sites for hydroxylation is 1. The standard InChI is InChI=1S/C15H19NO5/c1-10-8-21-11(7-12(17)18)13(10)14(19)16-5-6-20-9-15(16)3-2-4-15/h8H,2-7,9H2,1H3,(H,17,18). The lowest BCUT2D eigenvalue weighted by molar-refractivity contribution is -0.136. The molecule has 2 aliphatic rings. The minimum Gasteiger partial charge on any atom is -0.481 e. The van der Waals surface area contributed by atoms with E-state index in [1.807, 2.05) is 4.90 Å². The van der Waals surface area contributed by atoms with E-state index >= 15 is 0 Å². The highest BCUT2D eigenvalue weighted by Crippen LogP contribution is 2.41. The van der Waals surface area contributed by atoms with Gasteiger partial charge in [0.1, 0.15) is 12.2 Å². The summed E-state index contributed by atoms with van der Waals surface area (Å²) >= 11 is 0. The third kappa shape index (κ3) is 2.33. The molecule has 21 heavy (non-hydrogen) atoms. The molecule has 1 aliphatic carbocycles. The van der Waals surface area contributed by atoms with Gasteiger partial charge in [0.15, 0.2) is 0 Å². The number of ether oxygens (including phenoxy) is 1. The SMILES string of the molecule is Cc1coc(CC(=O)O)c1C(=O)N1CCOCC12CCC2. The maximum Gasteiger partial charge on any atom is 0.311 e. The minimum atomic E-state index is -1.00. The van der Waals surface area contributed by atoms with Crippen molar-refractivity contribution in [2.24, 2.45) is 0 Å². The van der Waals surface area contributed by atoms with Crippen LogP contribution in [-0.2, 0) is 16.0 Å².